The van der Waals surface area contributed by atoms with Crippen LogP contribution in [0.1, 0.15) is 23.1 Å². The molecule has 0 radical (unpaired) electrons. The van der Waals surface area contributed by atoms with Crippen molar-refractivity contribution in [2.24, 2.45) is 5.10 Å². The van der Waals surface area contributed by atoms with Crippen LogP contribution < -0.4 is 5.43 Å². The lowest BCUT2D eigenvalue weighted by molar-refractivity contribution is -0.114. The van der Waals surface area contributed by atoms with E-state index in [9.17, 15) is 4.79 Å². The van der Waals surface area contributed by atoms with E-state index in [1.807, 2.05) is 60.7 Å². The standard InChI is InChI=1S/C18H16N2O2/c21-16(18-17(22-18)13-9-5-2-6-10-13)15-14(11-19-20-15)12-7-3-1-4-8-12/h1-10,14,17-19H,11H2/t14-,17+,18-/m1/s1. The molecule has 2 aliphatic heterocycles. The van der Waals surface area contributed by atoms with Crippen LogP contribution >= 0.6 is 0 Å². The Kier molecular flexibility index (Phi) is 3.24. The fraction of sp³-hybridized carbons (Fsp3) is 0.222. The van der Waals surface area contributed by atoms with Gasteiger partial charge in [0.1, 0.15) is 11.8 Å². The number of epoxide rings is 1. The van der Waals surface area contributed by atoms with Gasteiger partial charge in [0.25, 0.3) is 0 Å². The zero-order chi connectivity index (χ0) is 14.9. The third-order valence-corrected chi connectivity index (χ3v) is 4.16. The zero-order valence-electron chi connectivity index (χ0n) is 12.0. The van der Waals surface area contributed by atoms with E-state index in [-0.39, 0.29) is 17.8 Å². The third-order valence-electron chi connectivity index (χ3n) is 4.16. The molecular formula is C18H16N2O2. The number of nitrogens with one attached hydrogen (secondary N) is 1. The van der Waals surface area contributed by atoms with Crippen molar-refractivity contribution in [3.05, 3.63) is 71.8 Å². The number of carbonyl (C=O) groups is 1. The predicted octanol–water partition coefficient (Wildman–Crippen LogP) is 2.44. The monoisotopic (exact) mass is 292 g/mol. The van der Waals surface area contributed by atoms with Crippen molar-refractivity contribution in [3.63, 3.8) is 0 Å². The maximum atomic E-state index is 12.7. The highest BCUT2D eigenvalue weighted by Crippen LogP contribution is 2.40. The fourth-order valence-corrected chi connectivity index (χ4v) is 2.94. The highest BCUT2D eigenvalue weighted by atomic mass is 16.6. The number of rotatable bonds is 4. The molecule has 110 valence electrons. The van der Waals surface area contributed by atoms with Crippen molar-refractivity contribution >= 4 is 11.5 Å². The van der Waals surface area contributed by atoms with Crippen molar-refractivity contribution in [2.45, 2.75) is 18.1 Å². The van der Waals surface area contributed by atoms with E-state index in [0.717, 1.165) is 11.1 Å². The maximum Gasteiger partial charge on any atom is 0.211 e. The molecule has 2 aromatic rings. The molecule has 3 atom stereocenters. The molecule has 0 aromatic heterocycles. The van der Waals surface area contributed by atoms with Crippen LogP contribution in [-0.2, 0) is 9.53 Å². The van der Waals surface area contributed by atoms with Crippen molar-refractivity contribution in [2.75, 3.05) is 6.54 Å². The minimum absolute atomic E-state index is 0.00675. The van der Waals surface area contributed by atoms with Crippen molar-refractivity contribution in [1.29, 1.82) is 0 Å². The van der Waals surface area contributed by atoms with E-state index in [4.69, 9.17) is 4.74 Å². The van der Waals surface area contributed by atoms with Crippen LogP contribution in [0.2, 0.25) is 0 Å². The maximum absolute atomic E-state index is 12.7. The average Bonchev–Trinajstić information content (AvgIpc) is 3.24. The number of nitrogens with zero attached hydrogens (tertiary/aromatic N) is 1. The number of hydrazone groups is 1. The number of hydrogen-bond donors (Lipinski definition) is 1. The molecule has 2 heterocycles. The smallest absolute Gasteiger partial charge is 0.211 e. The molecular weight excluding hydrogens is 276 g/mol. The largest absolute Gasteiger partial charge is 0.356 e. The summed E-state index contributed by atoms with van der Waals surface area (Å²) < 4.78 is 5.60. The molecule has 0 aliphatic carbocycles. The first-order valence-corrected chi connectivity index (χ1v) is 7.44. The van der Waals surface area contributed by atoms with E-state index in [1.165, 1.54) is 0 Å². The summed E-state index contributed by atoms with van der Waals surface area (Å²) in [5.41, 5.74) is 5.68. The van der Waals surface area contributed by atoms with Gasteiger partial charge in [-0.1, -0.05) is 60.7 Å². The molecule has 1 saturated heterocycles. The Labute approximate surface area is 128 Å². The Bertz CT molecular complexity index is 712. The summed E-state index contributed by atoms with van der Waals surface area (Å²) in [6.45, 7) is 0.661. The summed E-state index contributed by atoms with van der Waals surface area (Å²) in [5, 5.41) is 4.22. The van der Waals surface area contributed by atoms with Crippen LogP contribution in [0.15, 0.2) is 65.8 Å². The van der Waals surface area contributed by atoms with E-state index in [0.29, 0.717) is 12.3 Å². The quantitative estimate of drug-likeness (QED) is 0.881. The number of benzene rings is 2. The SMILES string of the molecule is O=C(C1=NNC[C@@H]1c1ccccc1)[C@H]1O[C@H]1c1ccccc1. The Morgan fingerprint density at radius 3 is 2.32 bits per heavy atom. The predicted molar refractivity (Wildman–Crippen MR) is 83.7 cm³/mol. The Morgan fingerprint density at radius 1 is 1.00 bits per heavy atom. The molecule has 1 N–H and O–H groups in total. The summed E-state index contributed by atoms with van der Waals surface area (Å²) in [6, 6.07) is 19.8. The van der Waals surface area contributed by atoms with Crippen LogP contribution in [0.4, 0.5) is 0 Å². The van der Waals surface area contributed by atoms with Crippen LogP contribution in [-0.4, -0.2) is 24.1 Å². The topological polar surface area (TPSA) is 54.0 Å². The van der Waals surface area contributed by atoms with Crippen LogP contribution in [0.3, 0.4) is 0 Å². The van der Waals surface area contributed by atoms with Crippen LogP contribution in [0.25, 0.3) is 0 Å². The highest BCUT2D eigenvalue weighted by Gasteiger charge is 2.49. The van der Waals surface area contributed by atoms with E-state index in [2.05, 4.69) is 10.5 Å². The molecule has 0 spiro atoms. The number of carbonyl (C=O) groups excluding carboxylic acids is 1. The lowest BCUT2D eigenvalue weighted by atomic mass is 9.91. The summed E-state index contributed by atoms with van der Waals surface area (Å²) in [6.07, 6.45) is -0.527. The molecule has 2 aromatic carbocycles. The second kappa shape index (κ2) is 5.39. The van der Waals surface area contributed by atoms with Gasteiger partial charge in [0.2, 0.25) is 5.78 Å². The minimum atomic E-state index is -0.396. The third kappa shape index (κ3) is 2.31. The second-order valence-electron chi connectivity index (χ2n) is 5.57. The molecule has 4 rings (SSSR count). The second-order valence-corrected chi connectivity index (χ2v) is 5.57. The van der Waals surface area contributed by atoms with E-state index < -0.39 is 6.10 Å². The van der Waals surface area contributed by atoms with E-state index in [1.54, 1.807) is 0 Å². The number of ether oxygens (including phenoxy) is 1. The van der Waals surface area contributed by atoms with Crippen LogP contribution in [0, 0.1) is 0 Å². The number of hydrogen-bond acceptors (Lipinski definition) is 4. The van der Waals surface area contributed by atoms with Gasteiger partial charge < -0.3 is 10.2 Å². The summed E-state index contributed by atoms with van der Waals surface area (Å²) in [5.74, 6) is 0.00188. The first kappa shape index (κ1) is 13.2. The molecule has 4 heteroatoms. The van der Waals surface area contributed by atoms with Gasteiger partial charge in [-0.05, 0) is 11.1 Å². The Balaban J connectivity index is 1.52. The van der Waals surface area contributed by atoms with Gasteiger partial charge >= 0.3 is 0 Å². The van der Waals surface area contributed by atoms with Gasteiger partial charge in [0.05, 0.1) is 5.92 Å². The minimum Gasteiger partial charge on any atom is -0.356 e. The summed E-state index contributed by atoms with van der Waals surface area (Å²) >= 11 is 0. The molecule has 4 nitrogen and oxygen atoms in total. The van der Waals surface area contributed by atoms with E-state index >= 15 is 0 Å². The molecule has 22 heavy (non-hydrogen) atoms. The first-order chi connectivity index (χ1) is 10.8. The van der Waals surface area contributed by atoms with Crippen molar-refractivity contribution in [3.8, 4) is 0 Å². The molecule has 0 unspecified atom stereocenters. The Morgan fingerprint density at radius 2 is 1.64 bits per heavy atom. The molecule has 1 fully saturated rings. The van der Waals surface area contributed by atoms with Crippen molar-refractivity contribution < 1.29 is 9.53 Å². The normalized spacial score (nSPS) is 26.2. The van der Waals surface area contributed by atoms with Gasteiger partial charge in [0.15, 0.2) is 6.10 Å². The average molecular weight is 292 g/mol. The summed E-state index contributed by atoms with van der Waals surface area (Å²) in [4.78, 5) is 12.7. The van der Waals surface area contributed by atoms with Gasteiger partial charge in [-0.2, -0.15) is 5.10 Å². The number of ketones is 1. The van der Waals surface area contributed by atoms with Gasteiger partial charge in [-0.25, -0.2) is 0 Å². The lowest BCUT2D eigenvalue weighted by Crippen LogP contribution is -2.25. The van der Waals surface area contributed by atoms with Gasteiger partial charge in [0, 0.05) is 6.54 Å². The van der Waals surface area contributed by atoms with Gasteiger partial charge in [-0.3, -0.25) is 4.79 Å². The van der Waals surface area contributed by atoms with Gasteiger partial charge in [-0.15, -0.1) is 0 Å². The zero-order valence-corrected chi connectivity index (χ0v) is 12.0. The molecule has 0 saturated carbocycles. The molecule has 2 aliphatic rings. The van der Waals surface area contributed by atoms with Crippen LogP contribution in [0.5, 0.6) is 0 Å². The lowest BCUT2D eigenvalue weighted by Gasteiger charge is -2.10. The number of Topliss-reactive ketones (excluding diaryl/α,β-unsaturated/α-hetero) is 1. The fourth-order valence-electron chi connectivity index (χ4n) is 2.94. The summed E-state index contributed by atoms with van der Waals surface area (Å²) in [7, 11) is 0. The van der Waals surface area contributed by atoms with Crippen molar-refractivity contribution in [1.82, 2.24) is 5.43 Å². The highest BCUT2D eigenvalue weighted by molar-refractivity contribution is 6.44. The molecule has 0 bridgehead atoms. The Hall–Kier alpha value is -2.46. The first-order valence-electron chi connectivity index (χ1n) is 7.44. The molecule has 0 amide bonds.